The van der Waals surface area contributed by atoms with Gasteiger partial charge in [-0.3, -0.25) is 9.78 Å². The Labute approximate surface area is 123 Å². The molecule has 1 aromatic heterocycles. The Balaban J connectivity index is 2.65. The number of nitrogens with one attached hydrogen (secondary N) is 1. The van der Waals surface area contributed by atoms with Crippen LogP contribution in [0.2, 0.25) is 0 Å². The number of aliphatic hydroxyl groups is 2. The molecule has 0 atom stereocenters. The molecule has 0 bridgehead atoms. The molecule has 7 heteroatoms. The minimum absolute atomic E-state index is 0.0826. The molecule has 7 nitrogen and oxygen atoms in total. The van der Waals surface area contributed by atoms with Gasteiger partial charge < -0.3 is 20.4 Å². The standard InChI is InChI=1S/C14H18N4O3/c15-8-13(11-18(4-6-19)5-7-20)14(21)17-10-12-2-1-3-16-9-12/h1-3,9,11,19-20H,4-7,10H2,(H,17,21)/b13-11-. The van der Waals surface area contributed by atoms with E-state index in [4.69, 9.17) is 15.5 Å². The average Bonchev–Trinajstić information content (AvgIpc) is 2.51. The molecule has 0 radical (unpaired) electrons. The van der Waals surface area contributed by atoms with Crippen LogP contribution in [0.25, 0.3) is 0 Å². The minimum atomic E-state index is -0.512. The number of aromatic nitrogens is 1. The normalized spacial score (nSPS) is 10.8. The average molecular weight is 290 g/mol. The number of nitrogens with zero attached hydrogens (tertiary/aromatic N) is 3. The predicted molar refractivity (Wildman–Crippen MR) is 75.5 cm³/mol. The van der Waals surface area contributed by atoms with Crippen LogP contribution in [0, 0.1) is 11.3 Å². The topological polar surface area (TPSA) is 109 Å². The number of pyridine rings is 1. The lowest BCUT2D eigenvalue weighted by atomic mass is 10.2. The van der Waals surface area contributed by atoms with Gasteiger partial charge in [0, 0.05) is 38.2 Å². The molecule has 21 heavy (non-hydrogen) atoms. The minimum Gasteiger partial charge on any atom is -0.395 e. The van der Waals surface area contributed by atoms with E-state index in [1.807, 2.05) is 12.1 Å². The van der Waals surface area contributed by atoms with Gasteiger partial charge in [-0.2, -0.15) is 5.26 Å². The second-order valence-corrected chi connectivity index (χ2v) is 4.18. The summed E-state index contributed by atoms with van der Waals surface area (Å²) in [4.78, 5) is 17.4. The molecular formula is C14H18N4O3. The molecule has 3 N–H and O–H groups in total. The van der Waals surface area contributed by atoms with E-state index >= 15 is 0 Å². The Morgan fingerprint density at radius 1 is 1.43 bits per heavy atom. The molecule has 0 aliphatic heterocycles. The molecule has 0 spiro atoms. The van der Waals surface area contributed by atoms with Crippen molar-refractivity contribution in [2.45, 2.75) is 6.54 Å². The Bertz CT molecular complexity index is 505. The molecule has 0 saturated heterocycles. The van der Waals surface area contributed by atoms with Gasteiger partial charge in [0.2, 0.25) is 0 Å². The largest absolute Gasteiger partial charge is 0.395 e. The zero-order valence-corrected chi connectivity index (χ0v) is 11.6. The molecule has 1 aromatic rings. The van der Waals surface area contributed by atoms with E-state index in [1.165, 1.54) is 11.1 Å². The van der Waals surface area contributed by atoms with Gasteiger partial charge in [0.25, 0.3) is 5.91 Å². The van der Waals surface area contributed by atoms with Crippen molar-refractivity contribution in [3.8, 4) is 6.07 Å². The van der Waals surface area contributed by atoms with Crippen molar-refractivity contribution in [2.75, 3.05) is 26.3 Å². The van der Waals surface area contributed by atoms with Crippen molar-refractivity contribution in [3.63, 3.8) is 0 Å². The quantitative estimate of drug-likeness (QED) is 0.435. The maximum absolute atomic E-state index is 11.9. The van der Waals surface area contributed by atoms with Gasteiger partial charge in [-0.1, -0.05) is 6.07 Å². The van der Waals surface area contributed by atoms with Gasteiger partial charge in [-0.15, -0.1) is 0 Å². The number of carbonyl (C=O) groups is 1. The molecule has 0 fully saturated rings. The molecule has 0 aliphatic rings. The van der Waals surface area contributed by atoms with Crippen LogP contribution < -0.4 is 5.32 Å². The number of hydrogen-bond acceptors (Lipinski definition) is 6. The number of rotatable bonds is 8. The number of hydrogen-bond donors (Lipinski definition) is 3. The number of carbonyl (C=O) groups excluding carboxylic acids is 1. The first kappa shape index (κ1) is 16.6. The Hall–Kier alpha value is -2.43. The van der Waals surface area contributed by atoms with Gasteiger partial charge >= 0.3 is 0 Å². The molecule has 0 aromatic carbocycles. The SMILES string of the molecule is N#C/C(=C/N(CCO)CCO)C(=O)NCc1cccnc1. The zero-order valence-electron chi connectivity index (χ0n) is 11.6. The maximum Gasteiger partial charge on any atom is 0.263 e. The third kappa shape index (κ3) is 6.03. The van der Waals surface area contributed by atoms with Crippen LogP contribution in [0.5, 0.6) is 0 Å². The molecule has 0 saturated carbocycles. The van der Waals surface area contributed by atoms with Crippen LogP contribution in [-0.4, -0.2) is 52.3 Å². The van der Waals surface area contributed by atoms with Crippen molar-refractivity contribution in [2.24, 2.45) is 0 Å². The smallest absolute Gasteiger partial charge is 0.263 e. The number of amides is 1. The summed E-state index contributed by atoms with van der Waals surface area (Å²) < 4.78 is 0. The summed E-state index contributed by atoms with van der Waals surface area (Å²) in [6.45, 7) is 0.480. The predicted octanol–water partition coefficient (Wildman–Crippen LogP) is -0.608. The van der Waals surface area contributed by atoms with E-state index in [-0.39, 0.29) is 38.4 Å². The van der Waals surface area contributed by atoms with Crippen molar-refractivity contribution in [1.82, 2.24) is 15.2 Å². The maximum atomic E-state index is 11.9. The summed E-state index contributed by atoms with van der Waals surface area (Å²) in [5, 5.41) is 29.4. The second kappa shape index (κ2) is 9.47. The third-order valence-corrected chi connectivity index (χ3v) is 2.63. The third-order valence-electron chi connectivity index (χ3n) is 2.63. The highest BCUT2D eigenvalue weighted by atomic mass is 16.3. The van der Waals surface area contributed by atoms with Crippen LogP contribution in [0.4, 0.5) is 0 Å². The summed E-state index contributed by atoms with van der Waals surface area (Å²) >= 11 is 0. The summed E-state index contributed by atoms with van der Waals surface area (Å²) in [5.74, 6) is -0.512. The van der Waals surface area contributed by atoms with Crippen LogP contribution in [0.1, 0.15) is 5.56 Å². The van der Waals surface area contributed by atoms with Crippen molar-refractivity contribution < 1.29 is 15.0 Å². The molecule has 1 amide bonds. The van der Waals surface area contributed by atoms with Crippen molar-refractivity contribution in [3.05, 3.63) is 41.9 Å². The first-order chi connectivity index (χ1) is 10.2. The lowest BCUT2D eigenvalue weighted by Gasteiger charge is -2.18. The summed E-state index contributed by atoms with van der Waals surface area (Å²) in [7, 11) is 0. The van der Waals surface area contributed by atoms with Crippen LogP contribution in [-0.2, 0) is 11.3 Å². The van der Waals surface area contributed by atoms with E-state index in [0.29, 0.717) is 0 Å². The molecule has 1 heterocycles. The van der Waals surface area contributed by atoms with E-state index in [2.05, 4.69) is 10.3 Å². The van der Waals surface area contributed by atoms with Gasteiger partial charge in [0.1, 0.15) is 11.6 Å². The zero-order chi connectivity index (χ0) is 15.5. The Morgan fingerprint density at radius 2 is 2.14 bits per heavy atom. The summed E-state index contributed by atoms with van der Waals surface area (Å²) in [6.07, 6.45) is 4.60. The number of aliphatic hydroxyl groups excluding tert-OH is 2. The van der Waals surface area contributed by atoms with Gasteiger partial charge in [-0.25, -0.2) is 0 Å². The van der Waals surface area contributed by atoms with Crippen LogP contribution in [0.3, 0.4) is 0 Å². The fourth-order valence-corrected chi connectivity index (χ4v) is 1.60. The lowest BCUT2D eigenvalue weighted by Crippen LogP contribution is -2.29. The highest BCUT2D eigenvalue weighted by Gasteiger charge is 2.10. The first-order valence-corrected chi connectivity index (χ1v) is 6.46. The number of nitriles is 1. The Morgan fingerprint density at radius 3 is 2.67 bits per heavy atom. The molecule has 112 valence electrons. The fraction of sp³-hybridized carbons (Fsp3) is 0.357. The van der Waals surface area contributed by atoms with E-state index in [9.17, 15) is 4.79 Å². The molecule has 0 aliphatic carbocycles. The van der Waals surface area contributed by atoms with Crippen molar-refractivity contribution in [1.29, 1.82) is 5.26 Å². The molecule has 0 unspecified atom stereocenters. The summed E-state index contributed by atoms with van der Waals surface area (Å²) in [5.41, 5.74) is 0.742. The first-order valence-electron chi connectivity index (χ1n) is 6.46. The van der Waals surface area contributed by atoms with Crippen LogP contribution >= 0.6 is 0 Å². The monoisotopic (exact) mass is 290 g/mol. The summed E-state index contributed by atoms with van der Waals surface area (Å²) in [6, 6.07) is 5.38. The van der Waals surface area contributed by atoms with Crippen LogP contribution in [0.15, 0.2) is 36.3 Å². The Kier molecular flexibility index (Phi) is 7.50. The molecule has 1 rings (SSSR count). The van der Waals surface area contributed by atoms with E-state index in [0.717, 1.165) is 5.56 Å². The molecular weight excluding hydrogens is 272 g/mol. The van der Waals surface area contributed by atoms with E-state index in [1.54, 1.807) is 18.5 Å². The van der Waals surface area contributed by atoms with Crippen molar-refractivity contribution >= 4 is 5.91 Å². The van der Waals surface area contributed by atoms with Gasteiger partial charge in [0.15, 0.2) is 0 Å². The van der Waals surface area contributed by atoms with E-state index < -0.39 is 5.91 Å². The lowest BCUT2D eigenvalue weighted by molar-refractivity contribution is -0.117. The van der Waals surface area contributed by atoms with Gasteiger partial charge in [-0.05, 0) is 11.6 Å². The highest BCUT2D eigenvalue weighted by Crippen LogP contribution is 2.00. The second-order valence-electron chi connectivity index (χ2n) is 4.18. The highest BCUT2D eigenvalue weighted by molar-refractivity contribution is 5.97. The van der Waals surface area contributed by atoms with Gasteiger partial charge in [0.05, 0.1) is 13.2 Å². The fourth-order valence-electron chi connectivity index (χ4n) is 1.60.